The van der Waals surface area contributed by atoms with Crippen LogP contribution in [-0.2, 0) is 11.3 Å². The number of nitrogens with zero attached hydrogens (tertiary/aromatic N) is 2. The number of amides is 1. The molecule has 0 N–H and O–H groups in total. The average Bonchev–Trinajstić information content (AvgIpc) is 3.44. The molecule has 3 heterocycles. The predicted molar refractivity (Wildman–Crippen MR) is 106 cm³/mol. The Morgan fingerprint density at radius 2 is 2.11 bits per heavy atom. The van der Waals surface area contributed by atoms with Gasteiger partial charge >= 0.3 is 0 Å². The maximum Gasteiger partial charge on any atom is 0.273 e. The molecule has 0 bridgehead atoms. The summed E-state index contributed by atoms with van der Waals surface area (Å²) in [6, 6.07) is 10.2. The smallest absolute Gasteiger partial charge is 0.273 e. The molecular weight excluding hydrogens is 383 g/mol. The van der Waals surface area contributed by atoms with Gasteiger partial charge in [-0.15, -0.1) is 22.7 Å². The van der Waals surface area contributed by atoms with E-state index in [1.165, 1.54) is 23.5 Å². The molecule has 0 spiro atoms. The van der Waals surface area contributed by atoms with Gasteiger partial charge in [-0.05, 0) is 48.6 Å². The summed E-state index contributed by atoms with van der Waals surface area (Å²) in [5.41, 5.74) is 1.23. The molecule has 1 aromatic carbocycles. The third-order valence-corrected chi connectivity index (χ3v) is 6.23. The van der Waals surface area contributed by atoms with Crippen molar-refractivity contribution in [1.29, 1.82) is 0 Å². The summed E-state index contributed by atoms with van der Waals surface area (Å²) in [6.45, 7) is 1.89. The number of thiophene rings is 1. The second-order valence-corrected chi connectivity index (χ2v) is 8.34. The monoisotopic (exact) mass is 402 g/mol. The van der Waals surface area contributed by atoms with Gasteiger partial charge in [-0.1, -0.05) is 6.07 Å². The Bertz CT molecular complexity index is 887. The van der Waals surface area contributed by atoms with Gasteiger partial charge < -0.3 is 9.64 Å². The Labute approximate surface area is 165 Å². The first-order chi connectivity index (χ1) is 13.2. The first-order valence-electron chi connectivity index (χ1n) is 8.84. The minimum absolute atomic E-state index is 0.0871. The van der Waals surface area contributed by atoms with Crippen LogP contribution in [0.25, 0.3) is 10.6 Å². The van der Waals surface area contributed by atoms with E-state index < -0.39 is 0 Å². The summed E-state index contributed by atoms with van der Waals surface area (Å²) in [5.74, 6) is -0.381. The van der Waals surface area contributed by atoms with Crippen LogP contribution in [0.1, 0.15) is 28.2 Å². The predicted octanol–water partition coefficient (Wildman–Crippen LogP) is 4.83. The Kier molecular flexibility index (Phi) is 5.61. The van der Waals surface area contributed by atoms with Gasteiger partial charge in [-0.2, -0.15) is 0 Å². The fourth-order valence-electron chi connectivity index (χ4n) is 3.10. The quantitative estimate of drug-likeness (QED) is 0.593. The van der Waals surface area contributed by atoms with Gasteiger partial charge in [-0.25, -0.2) is 9.37 Å². The molecule has 1 aliphatic heterocycles. The zero-order valence-electron chi connectivity index (χ0n) is 14.6. The standard InChI is InChI=1S/C20H19FN2O2S2/c21-15-7-5-14(6-8-15)19-22-18(13-27-19)20(24)23(11-16-3-1-9-25-16)12-17-4-2-10-26-17/h2,4-8,10,13,16H,1,3,9,11-12H2. The number of carbonyl (C=O) groups is 1. The highest BCUT2D eigenvalue weighted by Gasteiger charge is 2.25. The molecule has 0 radical (unpaired) electrons. The van der Waals surface area contributed by atoms with Crippen molar-refractivity contribution in [2.24, 2.45) is 0 Å². The van der Waals surface area contributed by atoms with E-state index in [1.54, 1.807) is 28.8 Å². The zero-order valence-corrected chi connectivity index (χ0v) is 16.3. The number of carbonyl (C=O) groups excluding carboxylic acids is 1. The first kappa shape index (κ1) is 18.3. The number of hydrogen-bond acceptors (Lipinski definition) is 5. The summed E-state index contributed by atoms with van der Waals surface area (Å²) in [6.07, 6.45) is 2.10. The Morgan fingerprint density at radius 3 is 2.81 bits per heavy atom. The van der Waals surface area contributed by atoms with E-state index in [1.807, 2.05) is 22.4 Å². The Morgan fingerprint density at radius 1 is 1.26 bits per heavy atom. The largest absolute Gasteiger partial charge is 0.376 e. The molecule has 4 rings (SSSR count). The minimum atomic E-state index is -0.287. The summed E-state index contributed by atoms with van der Waals surface area (Å²) < 4.78 is 18.9. The molecule has 1 saturated heterocycles. The van der Waals surface area contributed by atoms with Gasteiger partial charge in [0, 0.05) is 29.0 Å². The molecule has 140 valence electrons. The van der Waals surface area contributed by atoms with Crippen LogP contribution in [0.2, 0.25) is 0 Å². The van der Waals surface area contributed by atoms with Crippen molar-refractivity contribution in [3.63, 3.8) is 0 Å². The highest BCUT2D eigenvalue weighted by atomic mass is 32.1. The van der Waals surface area contributed by atoms with Crippen LogP contribution in [0.3, 0.4) is 0 Å². The number of rotatable bonds is 6. The van der Waals surface area contributed by atoms with E-state index >= 15 is 0 Å². The topological polar surface area (TPSA) is 42.4 Å². The van der Waals surface area contributed by atoms with Crippen molar-refractivity contribution >= 4 is 28.6 Å². The summed E-state index contributed by atoms with van der Waals surface area (Å²) in [5, 5.41) is 4.50. The third-order valence-electron chi connectivity index (χ3n) is 4.48. The van der Waals surface area contributed by atoms with Gasteiger partial charge in [0.25, 0.3) is 5.91 Å². The molecule has 1 fully saturated rings. The molecule has 1 amide bonds. The van der Waals surface area contributed by atoms with Crippen LogP contribution in [-0.4, -0.2) is 35.0 Å². The van der Waals surface area contributed by atoms with Crippen LogP contribution in [0.15, 0.2) is 47.2 Å². The summed E-state index contributed by atoms with van der Waals surface area (Å²) in [7, 11) is 0. The molecule has 4 nitrogen and oxygen atoms in total. The van der Waals surface area contributed by atoms with Gasteiger partial charge in [0.1, 0.15) is 16.5 Å². The second-order valence-electron chi connectivity index (χ2n) is 6.44. The van der Waals surface area contributed by atoms with Gasteiger partial charge in [0.2, 0.25) is 0 Å². The minimum Gasteiger partial charge on any atom is -0.376 e. The lowest BCUT2D eigenvalue weighted by Gasteiger charge is -2.24. The molecule has 27 heavy (non-hydrogen) atoms. The van der Waals surface area contributed by atoms with E-state index in [0.717, 1.165) is 29.9 Å². The van der Waals surface area contributed by atoms with Crippen LogP contribution < -0.4 is 0 Å². The fourth-order valence-corrected chi connectivity index (χ4v) is 4.62. The molecule has 7 heteroatoms. The van der Waals surface area contributed by atoms with Crippen molar-refractivity contribution in [2.75, 3.05) is 13.2 Å². The Balaban J connectivity index is 1.54. The molecular formula is C20H19FN2O2S2. The lowest BCUT2D eigenvalue weighted by molar-refractivity contribution is 0.0506. The van der Waals surface area contributed by atoms with Crippen molar-refractivity contribution < 1.29 is 13.9 Å². The fraction of sp³-hybridized carbons (Fsp3) is 0.300. The van der Waals surface area contributed by atoms with Crippen LogP contribution in [0.5, 0.6) is 0 Å². The average molecular weight is 403 g/mol. The molecule has 0 saturated carbocycles. The lowest BCUT2D eigenvalue weighted by atomic mass is 10.2. The number of halogens is 1. The zero-order chi connectivity index (χ0) is 18.6. The molecule has 0 aliphatic carbocycles. The van der Waals surface area contributed by atoms with E-state index in [4.69, 9.17) is 4.74 Å². The lowest BCUT2D eigenvalue weighted by Crippen LogP contribution is -2.36. The van der Waals surface area contributed by atoms with E-state index in [0.29, 0.717) is 23.8 Å². The van der Waals surface area contributed by atoms with Crippen LogP contribution in [0.4, 0.5) is 4.39 Å². The summed E-state index contributed by atoms with van der Waals surface area (Å²) in [4.78, 5) is 20.6. The van der Waals surface area contributed by atoms with E-state index in [9.17, 15) is 9.18 Å². The number of ether oxygens (including phenoxy) is 1. The third kappa shape index (κ3) is 4.43. The molecule has 1 unspecified atom stereocenters. The highest BCUT2D eigenvalue weighted by molar-refractivity contribution is 7.13. The highest BCUT2D eigenvalue weighted by Crippen LogP contribution is 2.25. The van der Waals surface area contributed by atoms with Crippen LogP contribution in [0, 0.1) is 5.82 Å². The van der Waals surface area contributed by atoms with Gasteiger partial charge in [-0.3, -0.25) is 4.79 Å². The first-order valence-corrected chi connectivity index (χ1v) is 10.6. The number of thiazole rings is 1. The molecule has 2 aromatic heterocycles. The molecule has 1 aliphatic rings. The van der Waals surface area contributed by atoms with Gasteiger partial charge in [0.05, 0.1) is 12.6 Å². The maximum atomic E-state index is 13.1. The Hall–Kier alpha value is -2.09. The SMILES string of the molecule is O=C(c1csc(-c2ccc(F)cc2)n1)N(Cc1cccs1)CC1CCCO1. The van der Waals surface area contributed by atoms with Crippen LogP contribution >= 0.6 is 22.7 Å². The van der Waals surface area contributed by atoms with E-state index in [2.05, 4.69) is 4.98 Å². The normalized spacial score (nSPS) is 16.6. The van der Waals surface area contributed by atoms with Crippen molar-refractivity contribution in [1.82, 2.24) is 9.88 Å². The van der Waals surface area contributed by atoms with Crippen molar-refractivity contribution in [3.8, 4) is 10.6 Å². The number of hydrogen-bond donors (Lipinski definition) is 0. The van der Waals surface area contributed by atoms with E-state index in [-0.39, 0.29) is 17.8 Å². The summed E-state index contributed by atoms with van der Waals surface area (Å²) >= 11 is 3.03. The second kappa shape index (κ2) is 8.29. The van der Waals surface area contributed by atoms with Gasteiger partial charge in [0.15, 0.2) is 0 Å². The number of aromatic nitrogens is 1. The van der Waals surface area contributed by atoms with Crippen molar-refractivity contribution in [2.45, 2.75) is 25.5 Å². The maximum absolute atomic E-state index is 13.1. The molecule has 1 atom stereocenters. The molecule has 3 aromatic rings. The van der Waals surface area contributed by atoms with Crippen molar-refractivity contribution in [3.05, 3.63) is 63.5 Å². The number of benzene rings is 1.